The molecule has 39 heavy (non-hydrogen) atoms. The van der Waals surface area contributed by atoms with Gasteiger partial charge in [0.25, 0.3) is 0 Å². The van der Waals surface area contributed by atoms with Crippen LogP contribution < -0.4 is 14.8 Å². The van der Waals surface area contributed by atoms with Crippen LogP contribution in [0, 0.1) is 0 Å². The van der Waals surface area contributed by atoms with E-state index in [1.165, 1.54) is 20.4 Å². The van der Waals surface area contributed by atoms with E-state index in [9.17, 15) is 0 Å². The zero-order valence-corrected chi connectivity index (χ0v) is 25.7. The number of hydrogen-bond acceptors (Lipinski definition) is 3. The molecule has 4 aromatic carbocycles. The van der Waals surface area contributed by atoms with Gasteiger partial charge in [0, 0.05) is 0 Å². The summed E-state index contributed by atoms with van der Waals surface area (Å²) in [5, 5.41) is 2.65. The second-order valence-electron chi connectivity index (χ2n) is 11.1. The van der Waals surface area contributed by atoms with Crippen molar-refractivity contribution in [2.45, 2.75) is 56.0 Å². The monoisotopic (exact) mass is 602 g/mol. The van der Waals surface area contributed by atoms with E-state index in [2.05, 4.69) is 136 Å². The molecule has 0 spiro atoms. The van der Waals surface area contributed by atoms with Crippen molar-refractivity contribution in [3.05, 3.63) is 127 Å². The van der Waals surface area contributed by atoms with Gasteiger partial charge in [0.05, 0.1) is 0 Å². The van der Waals surface area contributed by atoms with E-state index < -0.39 is 8.32 Å². The van der Waals surface area contributed by atoms with E-state index in [4.69, 9.17) is 13.9 Å². The molecule has 1 aliphatic heterocycles. The van der Waals surface area contributed by atoms with Crippen LogP contribution in [0.4, 0.5) is 0 Å². The molecule has 1 saturated heterocycles. The van der Waals surface area contributed by atoms with Gasteiger partial charge in [-0.2, -0.15) is 0 Å². The fourth-order valence-electron chi connectivity index (χ4n) is 5.47. The molecule has 5 heteroatoms. The molecule has 0 saturated carbocycles. The van der Waals surface area contributed by atoms with E-state index in [0.29, 0.717) is 13.2 Å². The SMILES string of the molecule is CC(C)(C)[Si](OC[C@H]1OC([Se]c2ccccc2)C[C@@H]1OCc1ccccc1)(c1ccccc1)c1ccccc1. The molecule has 5 rings (SSSR count). The predicted molar refractivity (Wildman–Crippen MR) is 164 cm³/mol. The first-order valence-corrected chi connectivity index (χ1v) is 17.5. The Morgan fingerprint density at radius 3 is 1.79 bits per heavy atom. The molecule has 0 radical (unpaired) electrons. The Balaban J connectivity index is 1.42. The van der Waals surface area contributed by atoms with Gasteiger partial charge in [0.1, 0.15) is 0 Å². The average molecular weight is 602 g/mol. The normalized spacial score (nSPS) is 19.7. The first-order chi connectivity index (χ1) is 19.0. The van der Waals surface area contributed by atoms with Crippen LogP contribution in [0.5, 0.6) is 0 Å². The van der Waals surface area contributed by atoms with Gasteiger partial charge < -0.3 is 0 Å². The third-order valence-electron chi connectivity index (χ3n) is 7.36. The molecular formula is C34H38O3SeSi. The summed E-state index contributed by atoms with van der Waals surface area (Å²) in [4.78, 5) is 0. The summed E-state index contributed by atoms with van der Waals surface area (Å²) < 4.78 is 21.9. The van der Waals surface area contributed by atoms with Crippen LogP contribution in [0.25, 0.3) is 0 Å². The Bertz CT molecular complexity index is 1240. The molecule has 1 fully saturated rings. The molecule has 1 aliphatic rings. The van der Waals surface area contributed by atoms with Gasteiger partial charge in [-0.3, -0.25) is 0 Å². The molecule has 4 aromatic rings. The van der Waals surface area contributed by atoms with Crippen molar-refractivity contribution >= 4 is 38.1 Å². The number of benzene rings is 4. The molecule has 1 heterocycles. The molecule has 0 N–H and O–H groups in total. The summed E-state index contributed by atoms with van der Waals surface area (Å²) in [6.45, 7) is 8.04. The van der Waals surface area contributed by atoms with E-state index in [0.717, 1.165) is 6.42 Å². The summed E-state index contributed by atoms with van der Waals surface area (Å²) >= 11 is 0.210. The molecular weight excluding hydrogens is 563 g/mol. The second kappa shape index (κ2) is 12.8. The van der Waals surface area contributed by atoms with E-state index in [1.807, 2.05) is 6.07 Å². The topological polar surface area (TPSA) is 27.7 Å². The molecule has 3 nitrogen and oxygen atoms in total. The van der Waals surface area contributed by atoms with E-state index in [-0.39, 0.29) is 37.2 Å². The van der Waals surface area contributed by atoms with Crippen molar-refractivity contribution in [2.24, 2.45) is 0 Å². The number of rotatable bonds is 10. The number of ether oxygens (including phenoxy) is 2. The molecule has 0 bridgehead atoms. The Hall–Kier alpha value is -2.50. The summed E-state index contributed by atoms with van der Waals surface area (Å²) in [5.74, 6) is 0. The fraction of sp³-hybridized carbons (Fsp3) is 0.294. The standard InChI is InChI=1S/C34H38O3SeSi/c1-34(2,3)39(29-20-12-6-13-21-29,30-22-14-7-15-23-30)36-26-32-31(35-25-27-16-8-4-9-17-27)24-33(37-32)38-28-18-10-5-11-19-28/h4-23,31-33H,24-26H2,1-3H3/t31-,32+,33?/m0/s1. The maximum atomic E-state index is 7.27. The Kier molecular flexibility index (Phi) is 9.19. The Morgan fingerprint density at radius 1 is 0.744 bits per heavy atom. The van der Waals surface area contributed by atoms with Crippen LogP contribution in [0.15, 0.2) is 121 Å². The van der Waals surface area contributed by atoms with Gasteiger partial charge in [-0.1, -0.05) is 0 Å². The average Bonchev–Trinajstić information content (AvgIpc) is 3.35. The van der Waals surface area contributed by atoms with Crippen LogP contribution >= 0.6 is 0 Å². The van der Waals surface area contributed by atoms with Crippen molar-refractivity contribution < 1.29 is 13.9 Å². The van der Waals surface area contributed by atoms with Crippen LogP contribution in [-0.4, -0.2) is 47.1 Å². The maximum absolute atomic E-state index is 7.27. The first-order valence-electron chi connectivity index (χ1n) is 13.7. The predicted octanol–water partition coefficient (Wildman–Crippen LogP) is 5.29. The van der Waals surface area contributed by atoms with Gasteiger partial charge in [-0.05, 0) is 0 Å². The molecule has 0 aliphatic carbocycles. The summed E-state index contributed by atoms with van der Waals surface area (Å²) in [6.07, 6.45) is 0.751. The van der Waals surface area contributed by atoms with Crippen LogP contribution in [0.1, 0.15) is 32.8 Å². The van der Waals surface area contributed by atoms with Crippen molar-refractivity contribution in [1.29, 1.82) is 0 Å². The van der Waals surface area contributed by atoms with E-state index >= 15 is 0 Å². The van der Waals surface area contributed by atoms with Crippen LogP contribution in [0.2, 0.25) is 5.04 Å². The quantitative estimate of drug-likeness (QED) is 0.231. The third-order valence-corrected chi connectivity index (χ3v) is 14.7. The first kappa shape index (κ1) is 28.0. The van der Waals surface area contributed by atoms with Crippen LogP contribution in [0.3, 0.4) is 0 Å². The Labute approximate surface area is 240 Å². The Morgan fingerprint density at radius 2 is 1.26 bits per heavy atom. The van der Waals surface area contributed by atoms with Gasteiger partial charge >= 0.3 is 242 Å². The molecule has 1 unspecified atom stereocenters. The molecule has 3 atom stereocenters. The zero-order chi connectivity index (χ0) is 27.1. The van der Waals surface area contributed by atoms with Crippen molar-refractivity contribution in [2.75, 3.05) is 6.61 Å². The third kappa shape index (κ3) is 6.63. The van der Waals surface area contributed by atoms with Crippen LogP contribution in [-0.2, 0) is 20.5 Å². The molecule has 0 amide bonds. The second-order valence-corrected chi connectivity index (χ2v) is 18.0. The zero-order valence-electron chi connectivity index (χ0n) is 23.0. The van der Waals surface area contributed by atoms with Gasteiger partial charge in [0.15, 0.2) is 0 Å². The molecule has 0 aromatic heterocycles. The number of hydrogen-bond donors (Lipinski definition) is 0. The minimum absolute atomic E-state index is 0.0148. The summed E-state index contributed by atoms with van der Waals surface area (Å²) in [5.41, 5.74) is 1.18. The summed E-state index contributed by atoms with van der Waals surface area (Å²) in [7, 11) is -2.66. The molecule has 202 valence electrons. The minimum atomic E-state index is -2.66. The van der Waals surface area contributed by atoms with Crippen molar-refractivity contribution in [3.8, 4) is 0 Å². The van der Waals surface area contributed by atoms with Crippen molar-refractivity contribution in [1.82, 2.24) is 0 Å². The van der Waals surface area contributed by atoms with Gasteiger partial charge in [0.2, 0.25) is 0 Å². The summed E-state index contributed by atoms with van der Waals surface area (Å²) in [6, 6.07) is 42.8. The van der Waals surface area contributed by atoms with Gasteiger partial charge in [-0.15, -0.1) is 0 Å². The van der Waals surface area contributed by atoms with E-state index in [1.54, 1.807) is 0 Å². The fourth-order valence-corrected chi connectivity index (χ4v) is 12.4. The van der Waals surface area contributed by atoms with Crippen molar-refractivity contribution in [3.63, 3.8) is 0 Å². The van der Waals surface area contributed by atoms with Gasteiger partial charge in [-0.25, -0.2) is 0 Å².